The zero-order chi connectivity index (χ0) is 28.6. The number of fused-ring (bicyclic) bond motifs is 2. The molecule has 0 saturated heterocycles. The molecule has 0 radical (unpaired) electrons. The summed E-state index contributed by atoms with van der Waals surface area (Å²) < 4.78 is 47.2. The summed E-state index contributed by atoms with van der Waals surface area (Å²) in [6.45, 7) is 3.89. The zero-order valence-electron chi connectivity index (χ0n) is 22.9. The molecular formula is C35H30NO3PS. The van der Waals surface area contributed by atoms with Crippen LogP contribution in [0.1, 0.15) is 22.5 Å². The third kappa shape index (κ3) is 5.02. The van der Waals surface area contributed by atoms with Gasteiger partial charge in [-0.15, -0.1) is 0 Å². The Morgan fingerprint density at radius 1 is 0.561 bits per heavy atom. The quantitative estimate of drug-likeness (QED) is 0.199. The lowest BCUT2D eigenvalue weighted by Crippen LogP contribution is -2.35. The lowest BCUT2D eigenvalue weighted by molar-refractivity contribution is 0.560. The van der Waals surface area contributed by atoms with Gasteiger partial charge in [0.05, 0.1) is 4.90 Å². The maximum atomic E-state index is 16.3. The molecule has 4 nitrogen and oxygen atoms in total. The van der Waals surface area contributed by atoms with Crippen molar-refractivity contribution in [3.8, 4) is 0 Å². The van der Waals surface area contributed by atoms with Crippen LogP contribution in [0.15, 0.2) is 138 Å². The maximum Gasteiger partial charge on any atom is 0.241 e. The van der Waals surface area contributed by atoms with Gasteiger partial charge in [-0.1, -0.05) is 132 Å². The summed E-state index contributed by atoms with van der Waals surface area (Å²) in [6.07, 6.45) is 0. The molecular weight excluding hydrogens is 545 g/mol. The zero-order valence-corrected chi connectivity index (χ0v) is 24.6. The van der Waals surface area contributed by atoms with Crippen LogP contribution in [0.25, 0.3) is 21.5 Å². The molecule has 0 aromatic heterocycles. The van der Waals surface area contributed by atoms with Crippen LogP contribution in [0.2, 0.25) is 0 Å². The molecule has 6 aromatic carbocycles. The van der Waals surface area contributed by atoms with Crippen LogP contribution in [0.5, 0.6) is 0 Å². The van der Waals surface area contributed by atoms with Gasteiger partial charge in [-0.3, -0.25) is 0 Å². The van der Waals surface area contributed by atoms with Crippen LogP contribution in [0, 0.1) is 13.8 Å². The van der Waals surface area contributed by atoms with Crippen LogP contribution in [0.3, 0.4) is 0 Å². The number of nitrogens with one attached hydrogen (secondary N) is 1. The third-order valence-electron chi connectivity index (χ3n) is 7.60. The Morgan fingerprint density at radius 3 is 1.51 bits per heavy atom. The van der Waals surface area contributed by atoms with Crippen LogP contribution in [-0.2, 0) is 14.6 Å². The minimum atomic E-state index is -4.06. The lowest BCUT2D eigenvalue weighted by atomic mass is 10.1. The molecule has 1 atom stereocenters. The summed E-state index contributed by atoms with van der Waals surface area (Å²) in [5.41, 5.74) is 2.62. The first-order valence-corrected chi connectivity index (χ1v) is 16.8. The second kappa shape index (κ2) is 10.8. The largest absolute Gasteiger partial charge is 0.312 e. The molecule has 0 bridgehead atoms. The average molecular weight is 576 g/mol. The molecule has 0 aliphatic carbocycles. The summed E-state index contributed by atoms with van der Waals surface area (Å²) in [7, 11) is -7.84. The number of hydrogen-bond donors (Lipinski definition) is 1. The molecule has 0 aliphatic heterocycles. The fourth-order valence-electron chi connectivity index (χ4n) is 5.44. The van der Waals surface area contributed by atoms with Crippen molar-refractivity contribution in [2.24, 2.45) is 0 Å². The van der Waals surface area contributed by atoms with Crippen LogP contribution in [0.4, 0.5) is 0 Å². The third-order valence-corrected chi connectivity index (χ3v) is 12.6. The van der Waals surface area contributed by atoms with Crippen LogP contribution in [-0.4, -0.2) is 8.42 Å². The minimum absolute atomic E-state index is 0.127. The van der Waals surface area contributed by atoms with E-state index in [4.69, 9.17) is 0 Å². The Kier molecular flexibility index (Phi) is 7.13. The van der Waals surface area contributed by atoms with Crippen molar-refractivity contribution >= 4 is 49.3 Å². The van der Waals surface area contributed by atoms with Gasteiger partial charge in [-0.2, -0.15) is 4.72 Å². The first kappa shape index (κ1) is 27.2. The topological polar surface area (TPSA) is 63.2 Å². The lowest BCUT2D eigenvalue weighted by Gasteiger charge is -2.31. The molecule has 204 valence electrons. The molecule has 6 heteroatoms. The molecule has 0 heterocycles. The summed E-state index contributed by atoms with van der Waals surface area (Å²) >= 11 is 0. The van der Waals surface area contributed by atoms with Crippen molar-refractivity contribution in [3.05, 3.63) is 150 Å². The van der Waals surface area contributed by atoms with Crippen LogP contribution >= 0.6 is 7.14 Å². The fraction of sp³-hybridized carbons (Fsp3) is 0.0857. The van der Waals surface area contributed by atoms with E-state index in [2.05, 4.69) is 4.72 Å². The standard InChI is InChI=1S/C35H30NO3PS/c1-25-17-21-29(22-18-25)35(36-41(38,39)30-23-19-26(2)20-24-30)40(37,33-15-7-11-27-9-3-5-13-31(27)33)34-16-8-12-28-10-4-6-14-32(28)34/h3-24,35-36H,1-2H3/t35-/m0/s1. The highest BCUT2D eigenvalue weighted by Crippen LogP contribution is 2.58. The van der Waals surface area contributed by atoms with E-state index in [-0.39, 0.29) is 4.90 Å². The van der Waals surface area contributed by atoms with Crippen molar-refractivity contribution in [3.63, 3.8) is 0 Å². The summed E-state index contributed by atoms with van der Waals surface area (Å²) in [6, 6.07) is 41.5. The van der Waals surface area contributed by atoms with Gasteiger partial charge in [0.2, 0.25) is 10.0 Å². The Labute approximate surface area is 241 Å². The summed E-state index contributed by atoms with van der Waals surface area (Å²) in [5.74, 6) is -1.06. The monoisotopic (exact) mass is 575 g/mol. The van der Waals surface area contributed by atoms with E-state index in [1.807, 2.05) is 123 Å². The van der Waals surface area contributed by atoms with Crippen LogP contribution < -0.4 is 15.3 Å². The molecule has 0 amide bonds. The van der Waals surface area contributed by atoms with E-state index in [9.17, 15) is 8.42 Å². The Morgan fingerprint density at radius 2 is 1.00 bits per heavy atom. The summed E-state index contributed by atoms with van der Waals surface area (Å²) in [5, 5.41) is 4.77. The molecule has 6 rings (SSSR count). The molecule has 0 aliphatic rings. The van der Waals surface area contributed by atoms with E-state index in [1.165, 1.54) is 0 Å². The Hall–Kier alpha value is -4.02. The van der Waals surface area contributed by atoms with E-state index in [0.717, 1.165) is 32.7 Å². The molecule has 6 aromatic rings. The fourth-order valence-corrected chi connectivity index (χ4v) is 10.7. The van der Waals surface area contributed by atoms with Crippen molar-refractivity contribution in [1.82, 2.24) is 4.72 Å². The van der Waals surface area contributed by atoms with Gasteiger partial charge in [-0.05, 0) is 53.1 Å². The molecule has 0 saturated carbocycles. The Bertz CT molecular complexity index is 1940. The van der Waals surface area contributed by atoms with Crippen molar-refractivity contribution < 1.29 is 13.0 Å². The van der Waals surface area contributed by atoms with Gasteiger partial charge in [0, 0.05) is 10.6 Å². The predicted molar refractivity (Wildman–Crippen MR) is 170 cm³/mol. The van der Waals surface area contributed by atoms with Gasteiger partial charge in [0.1, 0.15) is 5.78 Å². The number of hydrogen-bond acceptors (Lipinski definition) is 3. The minimum Gasteiger partial charge on any atom is -0.312 e. The summed E-state index contributed by atoms with van der Waals surface area (Å²) in [4.78, 5) is 0.127. The number of aryl methyl sites for hydroxylation is 2. The van der Waals surface area contributed by atoms with E-state index < -0.39 is 22.9 Å². The van der Waals surface area contributed by atoms with Crippen molar-refractivity contribution in [2.45, 2.75) is 24.5 Å². The first-order valence-electron chi connectivity index (χ1n) is 13.5. The number of sulfonamides is 1. The highest BCUT2D eigenvalue weighted by atomic mass is 32.2. The second-order valence-electron chi connectivity index (χ2n) is 10.4. The average Bonchev–Trinajstić information content (AvgIpc) is 3.00. The predicted octanol–water partition coefficient (Wildman–Crippen LogP) is 7.60. The smallest absolute Gasteiger partial charge is 0.241 e. The number of rotatable bonds is 7. The SMILES string of the molecule is Cc1ccc([C@@H](NS(=O)(=O)c2ccc(C)cc2)P(=O)(c2cccc3ccccc23)c2cccc3ccccc23)cc1. The van der Waals surface area contributed by atoms with Gasteiger partial charge < -0.3 is 4.57 Å². The maximum absolute atomic E-state index is 16.3. The van der Waals surface area contributed by atoms with Gasteiger partial charge in [0.25, 0.3) is 0 Å². The molecule has 0 spiro atoms. The first-order chi connectivity index (χ1) is 19.8. The highest BCUT2D eigenvalue weighted by Gasteiger charge is 2.42. The normalized spacial score (nSPS) is 12.9. The number of benzene rings is 6. The second-order valence-corrected chi connectivity index (χ2v) is 14.9. The van der Waals surface area contributed by atoms with E-state index >= 15 is 4.57 Å². The van der Waals surface area contributed by atoms with Crippen molar-refractivity contribution in [2.75, 3.05) is 0 Å². The molecule has 0 unspecified atom stereocenters. The molecule has 1 N–H and O–H groups in total. The van der Waals surface area contributed by atoms with Gasteiger partial charge in [0.15, 0.2) is 7.14 Å². The van der Waals surface area contributed by atoms with E-state index in [0.29, 0.717) is 16.2 Å². The molecule has 41 heavy (non-hydrogen) atoms. The van der Waals surface area contributed by atoms with Gasteiger partial charge in [-0.25, -0.2) is 8.42 Å². The van der Waals surface area contributed by atoms with Gasteiger partial charge >= 0.3 is 0 Å². The Balaban J connectivity index is 1.69. The van der Waals surface area contributed by atoms with E-state index in [1.54, 1.807) is 24.3 Å². The highest BCUT2D eigenvalue weighted by molar-refractivity contribution is 7.90. The molecule has 0 fully saturated rings. The van der Waals surface area contributed by atoms with Crippen molar-refractivity contribution in [1.29, 1.82) is 0 Å².